The third kappa shape index (κ3) is 52.9. The molecule has 0 bridgehead atoms. The summed E-state index contributed by atoms with van der Waals surface area (Å²) in [5.41, 5.74) is 0. The van der Waals surface area contributed by atoms with Crippen LogP contribution in [0.1, 0.15) is 221 Å². The molecule has 0 N–H and O–H groups in total. The van der Waals surface area contributed by atoms with E-state index in [0.29, 0.717) is 0 Å². The van der Waals surface area contributed by atoms with Crippen molar-refractivity contribution in [3.63, 3.8) is 0 Å². The maximum absolute atomic E-state index is 3.66. The zero-order valence-electron chi connectivity index (χ0n) is 32.7. The molecule has 0 aromatic carbocycles. The van der Waals surface area contributed by atoms with E-state index in [0.717, 1.165) is 5.92 Å². The van der Waals surface area contributed by atoms with Crippen LogP contribution in [0.4, 0.5) is 0 Å². The van der Waals surface area contributed by atoms with Crippen LogP contribution in [0.3, 0.4) is 0 Å². The van der Waals surface area contributed by atoms with Gasteiger partial charge in [-0.3, -0.25) is 0 Å². The Hall–Kier alpha value is 1.34. The molecule has 1 atom stereocenters. The van der Waals surface area contributed by atoms with E-state index in [2.05, 4.69) is 72.9 Å². The number of hydrogen-bond acceptors (Lipinski definition) is 1. The molecule has 0 spiro atoms. The Morgan fingerprint density at radius 3 is 1.32 bits per heavy atom. The molecule has 2 heteroatoms. The third-order valence-corrected chi connectivity index (χ3v) is 8.47. The molecule has 0 aromatic heterocycles. The van der Waals surface area contributed by atoms with Gasteiger partial charge in [-0.1, -0.05) is 202 Å². The van der Waals surface area contributed by atoms with Crippen molar-refractivity contribution in [2.45, 2.75) is 221 Å². The topological polar surface area (TPSA) is 3.24 Å². The van der Waals surface area contributed by atoms with Crippen LogP contribution < -0.4 is 51.4 Å². The Labute approximate surface area is 326 Å². The van der Waals surface area contributed by atoms with E-state index in [1.807, 2.05) is 6.08 Å². The smallest absolute Gasteiger partial charge is 0.338 e. The first-order chi connectivity index (χ1) is 21.1. The van der Waals surface area contributed by atoms with Gasteiger partial charge in [-0.15, -0.1) is 13.1 Å². The molecular weight excluding hydrogens is 558 g/mol. The van der Waals surface area contributed by atoms with Crippen molar-refractivity contribution in [3.05, 3.63) is 25.5 Å². The van der Waals surface area contributed by atoms with Crippen molar-refractivity contribution in [2.75, 3.05) is 20.1 Å². The first-order valence-electron chi connectivity index (χ1n) is 20.0. The second-order valence-corrected chi connectivity index (χ2v) is 13.3. The van der Waals surface area contributed by atoms with Crippen LogP contribution in [-0.4, -0.2) is 25.0 Å². The predicted octanol–water partition coefficient (Wildman–Crippen LogP) is 12.1. The van der Waals surface area contributed by atoms with E-state index < -0.39 is 0 Å². The second kappa shape index (κ2) is 51.2. The van der Waals surface area contributed by atoms with Crippen LogP contribution in [0.15, 0.2) is 12.7 Å². The van der Waals surface area contributed by atoms with E-state index in [1.54, 1.807) is 0 Å². The van der Waals surface area contributed by atoms with Crippen LogP contribution in [0.25, 0.3) is 0 Å². The molecule has 0 radical (unpaired) electrons. The fraction of sp³-hybridized carbons (Fsp3) is 0.905. The Balaban J connectivity index is -0.000000255. The first kappa shape index (κ1) is 52.2. The Morgan fingerprint density at radius 2 is 0.932 bits per heavy atom. The van der Waals surface area contributed by atoms with Gasteiger partial charge in [0.15, 0.2) is 0 Å². The van der Waals surface area contributed by atoms with Gasteiger partial charge in [0.05, 0.1) is 0 Å². The standard InChI is InChI=1S/C15H31.C13H26N.C8H16.C6H14.K/c1-3-5-7-9-11-13-15-14-12-10-8-6-4-2;1-3-4-5-6-7-8-9-13-10-11-14(2)12-13;1-3-5-7-8-6-4-2;1-3-5-6-4-2;/h15H,3-14H2,1-2H3;10,13H,3-9,11-12H2,1-2H3;3H,1,4-8H2,2H3;3-6H2,1-2H3;/q2*-1;;;+1. The van der Waals surface area contributed by atoms with Gasteiger partial charge in [0.25, 0.3) is 0 Å². The predicted molar refractivity (Wildman–Crippen MR) is 203 cm³/mol. The number of nitrogens with zero attached hydrogens (tertiary/aromatic N) is 1. The molecular formula is C42H87KN-. The van der Waals surface area contributed by atoms with Crippen molar-refractivity contribution in [2.24, 2.45) is 5.92 Å². The molecule has 0 aromatic rings. The maximum Gasteiger partial charge on any atom is 1.00 e. The summed E-state index contributed by atoms with van der Waals surface area (Å²) < 4.78 is 0. The molecule has 262 valence electrons. The molecule has 0 aliphatic carbocycles. The zero-order valence-corrected chi connectivity index (χ0v) is 35.8. The SMILES string of the molecule is C=CCCCCCC.CCCCCC.CCCCCCCCC1[CH-]CN(C)C1.CCCCCCC[CH-]CCCCCCC.[K+]. The Kier molecular flexibility index (Phi) is 60.7. The molecule has 44 heavy (non-hydrogen) atoms. The first-order valence-corrected chi connectivity index (χ1v) is 20.0. The van der Waals surface area contributed by atoms with Crippen LogP contribution in [0, 0.1) is 18.8 Å². The summed E-state index contributed by atoms with van der Waals surface area (Å²) in [6, 6.07) is 0. The molecule has 1 rings (SSSR count). The second-order valence-electron chi connectivity index (χ2n) is 13.3. The Morgan fingerprint density at radius 1 is 0.568 bits per heavy atom. The van der Waals surface area contributed by atoms with E-state index >= 15 is 0 Å². The number of likely N-dealkylation sites (tertiary alicyclic amines) is 1. The van der Waals surface area contributed by atoms with Gasteiger partial charge in [-0.2, -0.15) is 18.8 Å². The fourth-order valence-corrected chi connectivity index (χ4v) is 5.42. The minimum absolute atomic E-state index is 0. The molecule has 1 unspecified atom stereocenters. The Bertz CT molecular complexity index is 435. The van der Waals surface area contributed by atoms with Crippen LogP contribution in [0.5, 0.6) is 0 Å². The van der Waals surface area contributed by atoms with Gasteiger partial charge in [0, 0.05) is 0 Å². The van der Waals surface area contributed by atoms with E-state index in [-0.39, 0.29) is 51.4 Å². The summed E-state index contributed by atoms with van der Waals surface area (Å²) in [6.45, 7) is 19.7. The van der Waals surface area contributed by atoms with Gasteiger partial charge in [0.2, 0.25) is 0 Å². The number of allylic oxidation sites excluding steroid dienone is 1. The third-order valence-electron chi connectivity index (χ3n) is 8.47. The number of rotatable bonds is 27. The van der Waals surface area contributed by atoms with E-state index in [1.165, 1.54) is 193 Å². The monoisotopic (exact) mass is 645 g/mol. The molecule has 0 amide bonds. The minimum Gasteiger partial charge on any atom is -0.338 e. The summed E-state index contributed by atoms with van der Waals surface area (Å²) in [5, 5.41) is 0. The summed E-state index contributed by atoms with van der Waals surface area (Å²) in [7, 11) is 2.22. The zero-order chi connectivity index (χ0) is 32.5. The van der Waals surface area contributed by atoms with Gasteiger partial charge in [-0.25, -0.2) is 0 Å². The van der Waals surface area contributed by atoms with Crippen LogP contribution >= 0.6 is 0 Å². The van der Waals surface area contributed by atoms with Crippen molar-refractivity contribution in [1.82, 2.24) is 4.90 Å². The number of hydrogen-bond donors (Lipinski definition) is 0. The average molecular weight is 645 g/mol. The molecule has 0 saturated carbocycles. The summed E-state index contributed by atoms with van der Waals surface area (Å²) in [6.07, 6.45) is 46.1. The summed E-state index contributed by atoms with van der Waals surface area (Å²) >= 11 is 0. The maximum atomic E-state index is 3.66. The summed E-state index contributed by atoms with van der Waals surface area (Å²) in [5.74, 6) is 0.895. The van der Waals surface area contributed by atoms with Gasteiger partial charge >= 0.3 is 51.4 Å². The molecule has 1 saturated heterocycles. The van der Waals surface area contributed by atoms with Gasteiger partial charge in [0.1, 0.15) is 0 Å². The van der Waals surface area contributed by atoms with Crippen LogP contribution in [-0.2, 0) is 0 Å². The summed E-state index contributed by atoms with van der Waals surface area (Å²) in [4.78, 5) is 2.42. The van der Waals surface area contributed by atoms with Crippen LogP contribution in [0.2, 0.25) is 0 Å². The molecule has 1 aliphatic rings. The molecule has 1 nitrogen and oxygen atoms in total. The van der Waals surface area contributed by atoms with E-state index in [4.69, 9.17) is 0 Å². The van der Waals surface area contributed by atoms with Gasteiger partial charge in [-0.05, 0) is 26.4 Å². The van der Waals surface area contributed by atoms with Crippen molar-refractivity contribution >= 4 is 0 Å². The normalized spacial score (nSPS) is 13.9. The van der Waals surface area contributed by atoms with Crippen molar-refractivity contribution < 1.29 is 51.4 Å². The molecule has 1 heterocycles. The van der Waals surface area contributed by atoms with E-state index in [9.17, 15) is 0 Å². The number of unbranched alkanes of at least 4 members (excludes halogenated alkanes) is 24. The quantitative estimate of drug-likeness (QED) is 0.0372. The van der Waals surface area contributed by atoms with Gasteiger partial charge < -0.3 is 17.7 Å². The largest absolute Gasteiger partial charge is 1.00 e. The fourth-order valence-electron chi connectivity index (χ4n) is 5.42. The molecule has 1 fully saturated rings. The molecule has 1 aliphatic heterocycles. The minimum atomic E-state index is 0. The van der Waals surface area contributed by atoms with Crippen molar-refractivity contribution in [3.8, 4) is 0 Å². The van der Waals surface area contributed by atoms with Crippen molar-refractivity contribution in [1.29, 1.82) is 0 Å². The average Bonchev–Trinajstić information content (AvgIpc) is 3.44.